The molecule has 1 heterocycles. The van der Waals surface area contributed by atoms with Gasteiger partial charge < -0.3 is 20.1 Å². The van der Waals surface area contributed by atoms with Gasteiger partial charge in [0.2, 0.25) is 0 Å². The van der Waals surface area contributed by atoms with Crippen LogP contribution in [0.2, 0.25) is 0 Å². The number of likely N-dealkylation sites (tertiary alicyclic amines) is 1. The Balaban J connectivity index is 1.53. The molecule has 1 aliphatic carbocycles. The zero-order valence-corrected chi connectivity index (χ0v) is 12.9. The average Bonchev–Trinajstić information content (AvgIpc) is 2.84. The van der Waals surface area contributed by atoms with Crippen molar-refractivity contribution in [3.8, 4) is 0 Å². The van der Waals surface area contributed by atoms with E-state index in [1.165, 1.54) is 6.42 Å². The highest BCUT2D eigenvalue weighted by Gasteiger charge is 2.21. The number of ether oxygens (including phenoxy) is 1. The van der Waals surface area contributed by atoms with E-state index in [9.17, 15) is 5.11 Å². The molecule has 20 heavy (non-hydrogen) atoms. The maximum Gasteiger partial charge on any atom is 0.0897 e. The molecule has 1 saturated heterocycles. The van der Waals surface area contributed by atoms with E-state index in [4.69, 9.17) is 4.74 Å². The van der Waals surface area contributed by atoms with Gasteiger partial charge in [0.05, 0.1) is 19.3 Å². The number of aliphatic hydroxyl groups is 1. The molecule has 4 unspecified atom stereocenters. The molecule has 2 aliphatic rings. The second-order valence-electron chi connectivity index (χ2n) is 6.53. The molecule has 0 aromatic rings. The van der Waals surface area contributed by atoms with Gasteiger partial charge in [-0.05, 0) is 44.7 Å². The van der Waals surface area contributed by atoms with Crippen molar-refractivity contribution in [3.05, 3.63) is 12.2 Å². The number of rotatable bonds is 7. The smallest absolute Gasteiger partial charge is 0.0897 e. The number of aliphatic hydroxyl groups excluding tert-OH is 1. The zero-order chi connectivity index (χ0) is 14.4. The summed E-state index contributed by atoms with van der Waals surface area (Å²) in [7, 11) is 2.14. The molecule has 116 valence electrons. The summed E-state index contributed by atoms with van der Waals surface area (Å²) in [6.07, 6.45) is 7.57. The van der Waals surface area contributed by atoms with Gasteiger partial charge >= 0.3 is 0 Å². The Morgan fingerprint density at radius 1 is 1.40 bits per heavy atom. The van der Waals surface area contributed by atoms with Gasteiger partial charge in [-0.1, -0.05) is 19.1 Å². The van der Waals surface area contributed by atoms with Crippen molar-refractivity contribution in [2.24, 2.45) is 11.8 Å². The minimum atomic E-state index is -0.393. The number of likely N-dealkylation sites (N-methyl/N-ethyl adjacent to an activating group) is 1. The Hall–Kier alpha value is -0.420. The van der Waals surface area contributed by atoms with E-state index in [-0.39, 0.29) is 0 Å². The van der Waals surface area contributed by atoms with Crippen molar-refractivity contribution in [2.75, 3.05) is 39.9 Å². The van der Waals surface area contributed by atoms with Gasteiger partial charge in [-0.15, -0.1) is 0 Å². The summed E-state index contributed by atoms with van der Waals surface area (Å²) in [4.78, 5) is 2.32. The first-order chi connectivity index (χ1) is 9.65. The molecule has 1 aliphatic heterocycles. The lowest BCUT2D eigenvalue weighted by Crippen LogP contribution is -2.39. The lowest BCUT2D eigenvalue weighted by atomic mass is 9.85. The number of hydrogen-bond acceptors (Lipinski definition) is 4. The van der Waals surface area contributed by atoms with Gasteiger partial charge in [0.25, 0.3) is 0 Å². The van der Waals surface area contributed by atoms with E-state index >= 15 is 0 Å². The van der Waals surface area contributed by atoms with Crippen LogP contribution in [0.15, 0.2) is 12.2 Å². The first kappa shape index (κ1) is 16.0. The highest BCUT2D eigenvalue weighted by Crippen LogP contribution is 2.24. The molecule has 0 spiro atoms. The summed E-state index contributed by atoms with van der Waals surface area (Å²) >= 11 is 0. The monoisotopic (exact) mass is 282 g/mol. The maximum absolute atomic E-state index is 9.96. The summed E-state index contributed by atoms with van der Waals surface area (Å²) in [5.41, 5.74) is 0. The van der Waals surface area contributed by atoms with Gasteiger partial charge in [0.15, 0.2) is 0 Å². The minimum Gasteiger partial charge on any atom is -0.389 e. The molecule has 4 nitrogen and oxygen atoms in total. The van der Waals surface area contributed by atoms with Crippen molar-refractivity contribution in [2.45, 2.75) is 38.3 Å². The second-order valence-corrected chi connectivity index (χ2v) is 6.53. The molecule has 4 atom stereocenters. The van der Waals surface area contributed by atoms with E-state index in [0.717, 1.165) is 32.5 Å². The van der Waals surface area contributed by atoms with Crippen LogP contribution in [0.1, 0.15) is 26.2 Å². The largest absolute Gasteiger partial charge is 0.389 e. The average molecular weight is 282 g/mol. The van der Waals surface area contributed by atoms with Crippen LogP contribution in [-0.2, 0) is 4.74 Å². The number of hydrogen-bond donors (Lipinski definition) is 2. The fourth-order valence-electron chi connectivity index (χ4n) is 3.06. The SMILES string of the molecule is CC1CC=CCC1COCC(O)CNC1CCN(C)C1. The number of nitrogens with one attached hydrogen (secondary N) is 1. The minimum absolute atomic E-state index is 0.393. The van der Waals surface area contributed by atoms with Crippen LogP contribution in [0.3, 0.4) is 0 Å². The van der Waals surface area contributed by atoms with Crippen molar-refractivity contribution >= 4 is 0 Å². The van der Waals surface area contributed by atoms with Crippen LogP contribution in [0.4, 0.5) is 0 Å². The van der Waals surface area contributed by atoms with E-state index < -0.39 is 6.10 Å². The van der Waals surface area contributed by atoms with Gasteiger partial charge in [0.1, 0.15) is 0 Å². The van der Waals surface area contributed by atoms with Crippen LogP contribution in [0, 0.1) is 11.8 Å². The molecule has 0 bridgehead atoms. The molecule has 2 N–H and O–H groups in total. The fraction of sp³-hybridized carbons (Fsp3) is 0.875. The van der Waals surface area contributed by atoms with Gasteiger partial charge in [0, 0.05) is 19.1 Å². The number of allylic oxidation sites excluding steroid dienone is 2. The Labute approximate surface area is 123 Å². The Bertz CT molecular complexity index is 309. The molecule has 0 aromatic heterocycles. The quantitative estimate of drug-likeness (QED) is 0.690. The molecule has 0 radical (unpaired) electrons. The summed E-state index contributed by atoms with van der Waals surface area (Å²) in [5, 5.41) is 13.4. The Morgan fingerprint density at radius 2 is 2.20 bits per heavy atom. The zero-order valence-electron chi connectivity index (χ0n) is 12.9. The molecule has 0 amide bonds. The van der Waals surface area contributed by atoms with Crippen molar-refractivity contribution in [1.82, 2.24) is 10.2 Å². The van der Waals surface area contributed by atoms with Gasteiger partial charge in [-0.3, -0.25) is 0 Å². The summed E-state index contributed by atoms with van der Waals surface area (Å²) in [5.74, 6) is 1.31. The molecule has 2 rings (SSSR count). The lowest BCUT2D eigenvalue weighted by molar-refractivity contribution is 0.0120. The Kier molecular flexibility index (Phi) is 6.49. The van der Waals surface area contributed by atoms with E-state index in [0.29, 0.717) is 31.0 Å². The summed E-state index contributed by atoms with van der Waals surface area (Å²) < 4.78 is 5.71. The van der Waals surface area contributed by atoms with Crippen LogP contribution >= 0.6 is 0 Å². The third-order valence-corrected chi connectivity index (χ3v) is 4.59. The van der Waals surface area contributed by atoms with Crippen LogP contribution in [0.25, 0.3) is 0 Å². The summed E-state index contributed by atoms with van der Waals surface area (Å²) in [6, 6.07) is 0.526. The first-order valence-electron chi connectivity index (χ1n) is 7.98. The standard InChI is InChI=1S/C16H30N2O2/c1-13-5-3-4-6-14(13)11-20-12-16(19)9-17-15-7-8-18(2)10-15/h3-4,13-17,19H,5-12H2,1-2H3. The summed E-state index contributed by atoms with van der Waals surface area (Å²) in [6.45, 7) is 6.37. The van der Waals surface area contributed by atoms with Gasteiger partial charge in [-0.2, -0.15) is 0 Å². The predicted octanol–water partition coefficient (Wildman–Crippen LogP) is 1.26. The predicted molar refractivity (Wildman–Crippen MR) is 81.8 cm³/mol. The second kappa shape index (κ2) is 8.13. The van der Waals surface area contributed by atoms with Crippen LogP contribution in [0.5, 0.6) is 0 Å². The molecular formula is C16H30N2O2. The van der Waals surface area contributed by atoms with E-state index in [1.54, 1.807) is 0 Å². The third-order valence-electron chi connectivity index (χ3n) is 4.59. The van der Waals surface area contributed by atoms with Crippen molar-refractivity contribution in [3.63, 3.8) is 0 Å². The highest BCUT2D eigenvalue weighted by atomic mass is 16.5. The molecule has 1 fully saturated rings. The van der Waals surface area contributed by atoms with Gasteiger partial charge in [-0.25, -0.2) is 0 Å². The molecular weight excluding hydrogens is 252 g/mol. The van der Waals surface area contributed by atoms with Crippen molar-refractivity contribution in [1.29, 1.82) is 0 Å². The third kappa shape index (κ3) is 5.17. The van der Waals surface area contributed by atoms with Crippen molar-refractivity contribution < 1.29 is 9.84 Å². The van der Waals surface area contributed by atoms with E-state index in [2.05, 4.69) is 36.3 Å². The maximum atomic E-state index is 9.96. The van der Waals surface area contributed by atoms with Crippen LogP contribution < -0.4 is 5.32 Å². The Morgan fingerprint density at radius 3 is 2.90 bits per heavy atom. The molecule has 4 heteroatoms. The fourth-order valence-corrected chi connectivity index (χ4v) is 3.06. The first-order valence-corrected chi connectivity index (χ1v) is 7.98. The molecule has 0 saturated carbocycles. The van der Waals surface area contributed by atoms with E-state index in [1.807, 2.05) is 0 Å². The topological polar surface area (TPSA) is 44.7 Å². The molecule has 0 aromatic carbocycles. The number of nitrogens with zero attached hydrogens (tertiary/aromatic N) is 1. The normalized spacial score (nSPS) is 32.6. The lowest BCUT2D eigenvalue weighted by Gasteiger charge is -2.25. The van der Waals surface area contributed by atoms with Crippen LogP contribution in [-0.4, -0.2) is 62.0 Å². The highest BCUT2D eigenvalue weighted by molar-refractivity contribution is 4.93.